The molecule has 5 nitrogen and oxygen atoms in total. The fraction of sp³-hybridized carbons (Fsp3) is 0.667. The fourth-order valence-corrected chi connectivity index (χ4v) is 6.96. The Morgan fingerprint density at radius 3 is 2.07 bits per heavy atom. The molecule has 4 bridgehead atoms. The first-order chi connectivity index (χ1) is 12.9. The lowest BCUT2D eigenvalue weighted by Crippen LogP contribution is -2.54. The quantitative estimate of drug-likeness (QED) is 0.703. The van der Waals surface area contributed by atoms with Gasteiger partial charge in [0, 0.05) is 18.5 Å². The Balaban J connectivity index is 1.29. The van der Waals surface area contributed by atoms with E-state index in [1.165, 1.54) is 19.3 Å². The van der Waals surface area contributed by atoms with E-state index in [0.717, 1.165) is 49.0 Å². The molecule has 2 N–H and O–H groups in total. The Hall–Kier alpha value is -1.40. The van der Waals surface area contributed by atoms with E-state index in [0.29, 0.717) is 6.54 Å². The Morgan fingerprint density at radius 1 is 1.00 bits per heavy atom. The lowest BCUT2D eigenvalue weighted by Gasteiger charge is -2.55. The molecule has 1 aromatic carbocycles. The van der Waals surface area contributed by atoms with E-state index < -0.39 is 10.0 Å². The summed E-state index contributed by atoms with van der Waals surface area (Å²) in [5.74, 6) is 2.33. The van der Waals surface area contributed by atoms with Gasteiger partial charge in [-0.1, -0.05) is 19.1 Å². The molecule has 1 amide bonds. The standard InChI is InChI=1S/C21H30N2O3S/c1-2-15-3-5-19(6-4-15)27(25,26)23-8-7-22-20(24)21-12-16-9-17(13-21)11-18(10-16)14-21/h3-6,16-18,23H,2,7-14H2,1H3,(H,22,24). The van der Waals surface area contributed by atoms with Crippen LogP contribution in [0.15, 0.2) is 29.2 Å². The largest absolute Gasteiger partial charge is 0.354 e. The molecule has 0 saturated heterocycles. The Bertz CT molecular complexity index is 766. The van der Waals surface area contributed by atoms with Gasteiger partial charge in [-0.05, 0) is 80.4 Å². The summed E-state index contributed by atoms with van der Waals surface area (Å²) in [5.41, 5.74) is 0.931. The van der Waals surface area contributed by atoms with Gasteiger partial charge in [0.2, 0.25) is 15.9 Å². The van der Waals surface area contributed by atoms with Gasteiger partial charge in [-0.25, -0.2) is 13.1 Å². The molecule has 27 heavy (non-hydrogen) atoms. The number of benzene rings is 1. The summed E-state index contributed by atoms with van der Waals surface area (Å²) in [6.07, 6.45) is 7.89. The molecule has 5 rings (SSSR count). The fourth-order valence-electron chi connectivity index (χ4n) is 5.93. The van der Waals surface area contributed by atoms with E-state index >= 15 is 0 Å². The third kappa shape index (κ3) is 3.79. The van der Waals surface area contributed by atoms with Crippen molar-refractivity contribution in [1.82, 2.24) is 10.0 Å². The Morgan fingerprint density at radius 2 is 1.56 bits per heavy atom. The van der Waals surface area contributed by atoms with Crippen molar-refractivity contribution < 1.29 is 13.2 Å². The first-order valence-electron chi connectivity index (χ1n) is 10.3. The van der Waals surface area contributed by atoms with Crippen LogP contribution in [-0.4, -0.2) is 27.4 Å². The zero-order valence-corrected chi connectivity index (χ0v) is 16.9. The first-order valence-corrected chi connectivity index (χ1v) is 11.8. The number of nitrogens with one attached hydrogen (secondary N) is 2. The normalized spacial score (nSPS) is 31.8. The summed E-state index contributed by atoms with van der Waals surface area (Å²) in [7, 11) is -3.53. The molecule has 0 atom stereocenters. The van der Waals surface area contributed by atoms with Crippen LogP contribution in [0.2, 0.25) is 0 Å². The summed E-state index contributed by atoms with van der Waals surface area (Å²) in [5, 5.41) is 3.02. The van der Waals surface area contributed by atoms with Crippen LogP contribution in [0.25, 0.3) is 0 Å². The van der Waals surface area contributed by atoms with Crippen LogP contribution >= 0.6 is 0 Å². The van der Waals surface area contributed by atoms with Crippen LogP contribution in [0.3, 0.4) is 0 Å². The van der Waals surface area contributed by atoms with E-state index in [2.05, 4.69) is 10.0 Å². The van der Waals surface area contributed by atoms with Gasteiger partial charge in [0.25, 0.3) is 0 Å². The summed E-state index contributed by atoms with van der Waals surface area (Å²) in [4.78, 5) is 13.1. The lowest BCUT2D eigenvalue weighted by atomic mass is 9.49. The van der Waals surface area contributed by atoms with Crippen LogP contribution in [0, 0.1) is 23.2 Å². The molecule has 0 unspecified atom stereocenters. The molecule has 1 aromatic rings. The molecular formula is C21H30N2O3S. The van der Waals surface area contributed by atoms with E-state index in [1.54, 1.807) is 12.1 Å². The molecular weight excluding hydrogens is 360 g/mol. The highest BCUT2D eigenvalue weighted by molar-refractivity contribution is 7.89. The minimum Gasteiger partial charge on any atom is -0.354 e. The average molecular weight is 391 g/mol. The Labute approximate surface area is 162 Å². The smallest absolute Gasteiger partial charge is 0.240 e. The van der Waals surface area contributed by atoms with Crippen molar-refractivity contribution >= 4 is 15.9 Å². The predicted molar refractivity (Wildman–Crippen MR) is 105 cm³/mol. The minimum absolute atomic E-state index is 0.146. The molecule has 6 heteroatoms. The number of aryl methyl sites for hydroxylation is 1. The number of hydrogen-bond acceptors (Lipinski definition) is 3. The second kappa shape index (κ2) is 7.21. The predicted octanol–water partition coefficient (Wildman–Crippen LogP) is 2.86. The number of rotatable bonds is 7. The van der Waals surface area contributed by atoms with Crippen LogP contribution in [0.5, 0.6) is 0 Å². The first kappa shape index (κ1) is 18.9. The van der Waals surface area contributed by atoms with E-state index in [4.69, 9.17) is 0 Å². The molecule has 4 aliphatic rings. The van der Waals surface area contributed by atoms with Gasteiger partial charge >= 0.3 is 0 Å². The maximum absolute atomic E-state index is 12.9. The SMILES string of the molecule is CCc1ccc(S(=O)(=O)NCCNC(=O)C23CC4CC(CC(C4)C2)C3)cc1. The van der Waals surface area contributed by atoms with Crippen molar-refractivity contribution in [2.24, 2.45) is 23.2 Å². The minimum atomic E-state index is -3.53. The van der Waals surface area contributed by atoms with Crippen molar-refractivity contribution in [2.75, 3.05) is 13.1 Å². The summed E-state index contributed by atoms with van der Waals surface area (Å²) < 4.78 is 27.3. The van der Waals surface area contributed by atoms with E-state index in [-0.39, 0.29) is 22.8 Å². The van der Waals surface area contributed by atoms with Crippen LogP contribution in [0.1, 0.15) is 51.0 Å². The third-order valence-electron chi connectivity index (χ3n) is 6.86. The second-order valence-electron chi connectivity index (χ2n) is 8.85. The monoisotopic (exact) mass is 390 g/mol. The van der Waals surface area contributed by atoms with Gasteiger partial charge in [0.15, 0.2) is 0 Å². The van der Waals surface area contributed by atoms with E-state index in [1.807, 2.05) is 19.1 Å². The molecule has 0 heterocycles. The Kier molecular flexibility index (Phi) is 5.06. The van der Waals surface area contributed by atoms with Crippen LogP contribution in [-0.2, 0) is 21.2 Å². The molecule has 148 valence electrons. The van der Waals surface area contributed by atoms with Crippen molar-refractivity contribution in [3.63, 3.8) is 0 Å². The number of carbonyl (C=O) groups excluding carboxylic acids is 1. The molecule has 0 aliphatic heterocycles. The van der Waals surface area contributed by atoms with Gasteiger partial charge < -0.3 is 5.32 Å². The lowest BCUT2D eigenvalue weighted by molar-refractivity contribution is -0.146. The molecule has 0 spiro atoms. The summed E-state index contributed by atoms with van der Waals surface area (Å²) in [6.45, 7) is 2.59. The van der Waals surface area contributed by atoms with Crippen LogP contribution in [0.4, 0.5) is 0 Å². The van der Waals surface area contributed by atoms with Crippen molar-refractivity contribution in [3.8, 4) is 0 Å². The topological polar surface area (TPSA) is 75.3 Å². The van der Waals surface area contributed by atoms with Gasteiger partial charge in [-0.2, -0.15) is 0 Å². The van der Waals surface area contributed by atoms with Crippen molar-refractivity contribution in [2.45, 2.75) is 56.8 Å². The molecule has 0 aromatic heterocycles. The van der Waals surface area contributed by atoms with Crippen molar-refractivity contribution in [3.05, 3.63) is 29.8 Å². The summed E-state index contributed by atoms with van der Waals surface area (Å²) >= 11 is 0. The maximum Gasteiger partial charge on any atom is 0.240 e. The van der Waals surface area contributed by atoms with E-state index in [9.17, 15) is 13.2 Å². The van der Waals surface area contributed by atoms with Gasteiger partial charge in [0.05, 0.1) is 4.90 Å². The zero-order chi connectivity index (χ0) is 19.1. The number of hydrogen-bond donors (Lipinski definition) is 2. The molecule has 4 saturated carbocycles. The second-order valence-corrected chi connectivity index (χ2v) is 10.6. The zero-order valence-electron chi connectivity index (χ0n) is 16.0. The number of carbonyl (C=O) groups is 1. The molecule has 4 fully saturated rings. The number of amides is 1. The highest BCUT2D eigenvalue weighted by Crippen LogP contribution is 2.60. The highest BCUT2D eigenvalue weighted by Gasteiger charge is 2.54. The van der Waals surface area contributed by atoms with Crippen molar-refractivity contribution in [1.29, 1.82) is 0 Å². The molecule has 0 radical (unpaired) electrons. The molecule has 4 aliphatic carbocycles. The third-order valence-corrected chi connectivity index (χ3v) is 8.34. The van der Waals surface area contributed by atoms with Gasteiger partial charge in [-0.15, -0.1) is 0 Å². The summed E-state index contributed by atoms with van der Waals surface area (Å²) in [6, 6.07) is 6.94. The van der Waals surface area contributed by atoms with Gasteiger partial charge in [-0.3, -0.25) is 4.79 Å². The van der Waals surface area contributed by atoms with Gasteiger partial charge in [0.1, 0.15) is 0 Å². The van der Waals surface area contributed by atoms with Crippen LogP contribution < -0.4 is 10.0 Å². The number of sulfonamides is 1. The maximum atomic E-state index is 12.9. The highest BCUT2D eigenvalue weighted by atomic mass is 32.2. The average Bonchev–Trinajstić information content (AvgIpc) is 2.64.